The number of hydrogen-bond acceptors (Lipinski definition) is 8. The first-order valence-corrected chi connectivity index (χ1v) is 19.5. The van der Waals surface area contributed by atoms with Gasteiger partial charge in [0, 0.05) is 72.6 Å². The molecule has 0 radical (unpaired) electrons. The fraction of sp³-hybridized carbons (Fsp3) is 0.304. The number of imidazole rings is 1. The zero-order valence-corrected chi connectivity index (χ0v) is 37.6. The Bertz CT molecular complexity index is 2000. The average molecular weight is 1010 g/mol. The van der Waals surface area contributed by atoms with Gasteiger partial charge in [-0.1, -0.05) is 50.1 Å². The van der Waals surface area contributed by atoms with E-state index in [1.165, 1.54) is 12.8 Å². The standard InChI is InChI=1S/C26H35N3O3.2C10H8N2.2ClH.Os/c1-4-5-6-7-17-12-22(30)24-20-14-18(25(31)28-11-10-19-15-27-16-29-19)8-9-21(20)26(2,3)32-23(24)13-17;2*1-3-7-11-9(5-1)10-6-2-4-8-12-10;;;/h8,12-13,15-16,20-21,30H,4-7,9-11,14H2,1-3H3,(H,27,29)(H,28,31);2*1-8H;2*1H;/q;;;;;+2/p-2. The molecule has 0 fully saturated rings. The molecular formula is C46H51Cl2N7O3Os. The van der Waals surface area contributed by atoms with E-state index < -0.39 is 0 Å². The smallest absolute Gasteiger partial charge is 1.00 e. The number of nitrogens with zero attached hydrogens (tertiary/aromatic N) is 5. The van der Waals surface area contributed by atoms with Gasteiger partial charge >= 0.3 is 19.8 Å². The van der Waals surface area contributed by atoms with E-state index >= 15 is 0 Å². The normalized spacial score (nSPS) is 15.4. The number of benzene rings is 1. The van der Waals surface area contributed by atoms with Crippen molar-refractivity contribution in [2.24, 2.45) is 5.92 Å². The number of aromatic hydroxyl groups is 1. The molecule has 0 bridgehead atoms. The van der Waals surface area contributed by atoms with Gasteiger partial charge in [-0.25, -0.2) is 4.98 Å². The Hall–Kier alpha value is -4.94. The molecule has 8 rings (SSSR count). The molecule has 10 nitrogen and oxygen atoms in total. The van der Waals surface area contributed by atoms with Crippen LogP contribution in [0.4, 0.5) is 0 Å². The molecule has 59 heavy (non-hydrogen) atoms. The zero-order valence-electron chi connectivity index (χ0n) is 33.5. The second-order valence-electron chi connectivity index (χ2n) is 14.5. The fourth-order valence-electron chi connectivity index (χ4n) is 7.26. The number of H-pyrrole nitrogens is 1. The minimum absolute atomic E-state index is 0. The third kappa shape index (κ3) is 13.5. The average Bonchev–Trinajstić information content (AvgIpc) is 3.76. The molecule has 1 amide bonds. The Balaban J connectivity index is 0.000000282. The van der Waals surface area contributed by atoms with Crippen LogP contribution in [0.15, 0.2) is 134 Å². The van der Waals surface area contributed by atoms with Gasteiger partial charge in [0.25, 0.3) is 0 Å². The van der Waals surface area contributed by atoms with Crippen molar-refractivity contribution in [1.82, 2.24) is 35.2 Å². The maximum atomic E-state index is 12.9. The summed E-state index contributed by atoms with van der Waals surface area (Å²) in [7, 11) is 0. The minimum atomic E-state index is -0.356. The molecule has 5 aromatic heterocycles. The van der Waals surface area contributed by atoms with E-state index in [4.69, 9.17) is 4.74 Å². The number of rotatable bonds is 10. The van der Waals surface area contributed by atoms with Gasteiger partial charge in [-0.05, 0) is 106 Å². The molecular weight excluding hydrogens is 960 g/mol. The van der Waals surface area contributed by atoms with Crippen molar-refractivity contribution >= 4 is 5.91 Å². The molecule has 2 aliphatic rings. The quantitative estimate of drug-likeness (QED) is 0.178. The second-order valence-corrected chi connectivity index (χ2v) is 14.5. The van der Waals surface area contributed by atoms with E-state index in [1.807, 2.05) is 78.9 Å². The number of nitrogens with one attached hydrogen (secondary N) is 2. The van der Waals surface area contributed by atoms with E-state index in [9.17, 15) is 9.90 Å². The largest absolute Gasteiger partial charge is 2.00 e. The third-order valence-corrected chi connectivity index (χ3v) is 10.1. The van der Waals surface area contributed by atoms with Crippen molar-refractivity contribution in [2.75, 3.05) is 6.54 Å². The van der Waals surface area contributed by atoms with Crippen LogP contribution in [-0.2, 0) is 37.4 Å². The first kappa shape index (κ1) is 48.4. The van der Waals surface area contributed by atoms with E-state index in [1.54, 1.807) is 37.3 Å². The summed E-state index contributed by atoms with van der Waals surface area (Å²) >= 11 is 0. The maximum Gasteiger partial charge on any atom is 2.00 e. The Morgan fingerprint density at radius 1 is 0.831 bits per heavy atom. The van der Waals surface area contributed by atoms with Gasteiger partial charge in [0.1, 0.15) is 17.1 Å². The summed E-state index contributed by atoms with van der Waals surface area (Å²) in [5.74, 6) is 1.35. The van der Waals surface area contributed by atoms with Gasteiger partial charge in [-0.3, -0.25) is 24.7 Å². The molecule has 6 heterocycles. The first-order chi connectivity index (χ1) is 27.3. The molecule has 310 valence electrons. The van der Waals surface area contributed by atoms with Crippen molar-refractivity contribution in [1.29, 1.82) is 0 Å². The van der Waals surface area contributed by atoms with Crippen LogP contribution in [0, 0.1) is 5.92 Å². The Labute approximate surface area is 373 Å². The van der Waals surface area contributed by atoms with Gasteiger partial charge in [-0.15, -0.1) is 0 Å². The van der Waals surface area contributed by atoms with Crippen molar-refractivity contribution in [3.8, 4) is 34.3 Å². The predicted molar refractivity (Wildman–Crippen MR) is 220 cm³/mol. The van der Waals surface area contributed by atoms with E-state index in [-0.39, 0.29) is 67.9 Å². The number of phenolic OH excluding ortho intramolecular Hbond substituents is 1. The number of carbonyl (C=O) groups is 1. The minimum Gasteiger partial charge on any atom is -1.00 e. The van der Waals surface area contributed by atoms with Crippen molar-refractivity contribution in [2.45, 2.75) is 77.2 Å². The summed E-state index contributed by atoms with van der Waals surface area (Å²) in [5, 5.41) is 14.0. The number of pyridine rings is 4. The summed E-state index contributed by atoms with van der Waals surface area (Å²) in [5.41, 5.74) is 7.09. The van der Waals surface area contributed by atoms with Crippen LogP contribution in [-0.4, -0.2) is 53.1 Å². The van der Waals surface area contributed by atoms with E-state index in [0.717, 1.165) is 76.6 Å². The van der Waals surface area contributed by atoms with Crippen LogP contribution in [0.25, 0.3) is 22.8 Å². The predicted octanol–water partition coefficient (Wildman–Crippen LogP) is 3.09. The number of unbranched alkanes of at least 4 members (excludes halogenated alkanes) is 2. The Morgan fingerprint density at radius 2 is 1.39 bits per heavy atom. The number of hydrogen-bond donors (Lipinski definition) is 3. The summed E-state index contributed by atoms with van der Waals surface area (Å²) in [6, 6.07) is 27.2. The molecule has 1 aliphatic heterocycles. The van der Waals surface area contributed by atoms with Crippen molar-refractivity contribution in [3.05, 3.63) is 151 Å². The van der Waals surface area contributed by atoms with Crippen LogP contribution in [0.5, 0.6) is 11.5 Å². The SMILES string of the molecule is CCCCCc1cc(O)c2c(c1)OC(C)(C)C1CC=C(C(=O)NCCc3cnc[nH]3)CC21.[Cl-].[Cl-].[Os+2].c1ccc(-c2ccccn2)nc1.c1ccc(-c2ccccn2)nc1. The molecule has 2 atom stereocenters. The number of aromatic amines is 1. The monoisotopic (exact) mass is 1010 g/mol. The molecule has 0 spiro atoms. The topological polar surface area (TPSA) is 139 Å². The van der Waals surface area contributed by atoms with Gasteiger partial charge in [-0.2, -0.15) is 0 Å². The number of aromatic nitrogens is 6. The number of allylic oxidation sites excluding steroid dienone is 1. The molecule has 1 aromatic carbocycles. The zero-order chi connectivity index (χ0) is 39.2. The molecule has 0 saturated heterocycles. The Morgan fingerprint density at radius 3 is 1.86 bits per heavy atom. The summed E-state index contributed by atoms with van der Waals surface area (Å²) in [4.78, 5) is 36.7. The van der Waals surface area contributed by atoms with Gasteiger partial charge in [0.05, 0.1) is 29.1 Å². The van der Waals surface area contributed by atoms with Crippen LogP contribution >= 0.6 is 0 Å². The third-order valence-electron chi connectivity index (χ3n) is 10.1. The van der Waals surface area contributed by atoms with Gasteiger partial charge < -0.3 is 45.0 Å². The molecule has 1 aliphatic carbocycles. The van der Waals surface area contributed by atoms with Crippen LogP contribution < -0.4 is 34.9 Å². The maximum absolute atomic E-state index is 12.9. The molecule has 2 unspecified atom stereocenters. The van der Waals surface area contributed by atoms with Crippen LogP contribution in [0.1, 0.15) is 75.6 Å². The van der Waals surface area contributed by atoms with Crippen molar-refractivity contribution < 1.29 is 59.2 Å². The molecule has 13 heteroatoms. The number of fused-ring (bicyclic) bond motifs is 3. The van der Waals surface area contributed by atoms with E-state index in [0.29, 0.717) is 18.7 Å². The molecule has 3 N–H and O–H groups in total. The van der Waals surface area contributed by atoms with Gasteiger partial charge in [0.2, 0.25) is 5.91 Å². The van der Waals surface area contributed by atoms with Crippen LogP contribution in [0.3, 0.4) is 0 Å². The number of carbonyl (C=O) groups excluding carboxylic acids is 1. The summed E-state index contributed by atoms with van der Waals surface area (Å²) in [6.45, 7) is 7.00. The second kappa shape index (κ2) is 24.2. The molecule has 6 aromatic rings. The fourth-order valence-corrected chi connectivity index (χ4v) is 7.26. The number of ether oxygens (including phenoxy) is 1. The number of amides is 1. The number of aryl methyl sites for hydroxylation is 1. The summed E-state index contributed by atoms with van der Waals surface area (Å²) in [6.07, 6.45) is 19.0. The number of phenols is 1. The van der Waals surface area contributed by atoms with E-state index in [2.05, 4.69) is 68.1 Å². The molecule has 0 saturated carbocycles. The van der Waals surface area contributed by atoms with Crippen molar-refractivity contribution in [3.63, 3.8) is 0 Å². The van der Waals surface area contributed by atoms with Gasteiger partial charge in [0.15, 0.2) is 0 Å². The van der Waals surface area contributed by atoms with Crippen LogP contribution in [0.2, 0.25) is 0 Å². The number of halogens is 2. The Kier molecular flexibility index (Phi) is 19.9. The first-order valence-electron chi connectivity index (χ1n) is 19.5. The summed E-state index contributed by atoms with van der Waals surface area (Å²) < 4.78 is 6.42.